The third-order valence-corrected chi connectivity index (χ3v) is 5.71. The predicted octanol–water partition coefficient (Wildman–Crippen LogP) is 1.90. The zero-order valence-corrected chi connectivity index (χ0v) is 13.1. The van der Waals surface area contributed by atoms with Crippen molar-refractivity contribution in [2.45, 2.75) is 63.1 Å². The zero-order valence-electron chi connectivity index (χ0n) is 13.1. The van der Waals surface area contributed by atoms with Crippen LogP contribution in [-0.4, -0.2) is 35.6 Å². The number of hydrogen-bond acceptors (Lipinski definition) is 4. The fourth-order valence-corrected chi connectivity index (χ4v) is 4.08. The molecule has 5 heteroatoms. The molecule has 0 aromatic heterocycles. The minimum absolute atomic E-state index is 0.0632. The molecule has 1 aromatic carbocycles. The fraction of sp³-hybridized carbons (Fsp3) is 0.611. The molecule has 3 aliphatic rings. The average molecular weight is 318 g/mol. The third-order valence-electron chi connectivity index (χ3n) is 5.71. The number of carboxylic acid groups (broad SMARTS) is 1. The summed E-state index contributed by atoms with van der Waals surface area (Å²) in [4.78, 5) is 13.9. The van der Waals surface area contributed by atoms with E-state index in [1.165, 1.54) is 44.6 Å². The van der Waals surface area contributed by atoms with Crippen molar-refractivity contribution >= 4 is 5.97 Å². The van der Waals surface area contributed by atoms with Crippen LogP contribution in [0, 0.1) is 5.82 Å². The molecular formula is C18H21FNO3-. The van der Waals surface area contributed by atoms with E-state index in [1.807, 2.05) is 0 Å². The van der Waals surface area contributed by atoms with Gasteiger partial charge in [0.1, 0.15) is 6.61 Å². The molecule has 1 atom stereocenters. The fourth-order valence-electron chi connectivity index (χ4n) is 4.08. The van der Waals surface area contributed by atoms with Gasteiger partial charge in [0.2, 0.25) is 0 Å². The lowest BCUT2D eigenvalue weighted by atomic mass is 9.82. The Kier molecular flexibility index (Phi) is 3.76. The molecule has 0 spiro atoms. The van der Waals surface area contributed by atoms with E-state index >= 15 is 0 Å². The van der Waals surface area contributed by atoms with Gasteiger partial charge in [-0.3, -0.25) is 4.90 Å². The van der Waals surface area contributed by atoms with Crippen molar-refractivity contribution in [3.8, 4) is 5.75 Å². The van der Waals surface area contributed by atoms with Gasteiger partial charge in [0.15, 0.2) is 11.6 Å². The molecule has 4 rings (SSSR count). The van der Waals surface area contributed by atoms with Crippen LogP contribution < -0.4 is 9.84 Å². The van der Waals surface area contributed by atoms with Crippen LogP contribution >= 0.6 is 0 Å². The smallest absolute Gasteiger partial charge is 0.165 e. The van der Waals surface area contributed by atoms with Gasteiger partial charge in [0, 0.05) is 29.3 Å². The molecule has 0 saturated heterocycles. The topological polar surface area (TPSA) is 52.6 Å². The van der Waals surface area contributed by atoms with E-state index in [0.717, 1.165) is 6.07 Å². The maximum absolute atomic E-state index is 14.0. The first-order valence-corrected chi connectivity index (χ1v) is 8.58. The van der Waals surface area contributed by atoms with E-state index in [0.29, 0.717) is 30.7 Å². The van der Waals surface area contributed by atoms with Crippen LogP contribution in [0.15, 0.2) is 12.1 Å². The molecule has 4 nitrogen and oxygen atoms in total. The number of aromatic carboxylic acids is 1. The maximum atomic E-state index is 14.0. The van der Waals surface area contributed by atoms with E-state index in [1.54, 1.807) is 0 Å². The molecule has 1 aliphatic heterocycles. The summed E-state index contributed by atoms with van der Waals surface area (Å²) in [5.41, 5.74) is 0.526. The predicted molar refractivity (Wildman–Crippen MR) is 80.8 cm³/mol. The van der Waals surface area contributed by atoms with Crippen LogP contribution in [0.5, 0.6) is 5.75 Å². The number of fused-ring (bicyclic) bond motifs is 1. The summed E-state index contributed by atoms with van der Waals surface area (Å²) < 4.78 is 19.6. The Balaban J connectivity index is 1.64. The monoisotopic (exact) mass is 318 g/mol. The first-order valence-electron chi connectivity index (χ1n) is 8.58. The Labute approximate surface area is 135 Å². The first kappa shape index (κ1) is 14.9. The minimum atomic E-state index is -1.26. The van der Waals surface area contributed by atoms with Gasteiger partial charge in [0.25, 0.3) is 0 Å². The van der Waals surface area contributed by atoms with Gasteiger partial charge in [0.05, 0.1) is 5.97 Å². The summed E-state index contributed by atoms with van der Waals surface area (Å²) in [6, 6.07) is 3.75. The number of halogens is 1. The molecule has 0 radical (unpaired) electrons. The molecule has 23 heavy (non-hydrogen) atoms. The van der Waals surface area contributed by atoms with Crippen molar-refractivity contribution in [3.63, 3.8) is 0 Å². The van der Waals surface area contributed by atoms with Crippen molar-refractivity contribution < 1.29 is 19.0 Å². The molecular weight excluding hydrogens is 297 g/mol. The second-order valence-corrected chi connectivity index (χ2v) is 6.98. The summed E-state index contributed by atoms with van der Waals surface area (Å²) in [6.45, 7) is 0.438. The Morgan fingerprint density at radius 3 is 2.30 bits per heavy atom. The number of rotatable bonds is 4. The van der Waals surface area contributed by atoms with Crippen molar-refractivity contribution in [2.24, 2.45) is 0 Å². The van der Waals surface area contributed by atoms with Crippen molar-refractivity contribution in [3.05, 3.63) is 29.1 Å². The van der Waals surface area contributed by atoms with E-state index in [4.69, 9.17) is 4.74 Å². The minimum Gasteiger partial charge on any atom is -0.545 e. The van der Waals surface area contributed by atoms with E-state index < -0.39 is 11.8 Å². The van der Waals surface area contributed by atoms with Crippen LogP contribution in [-0.2, 0) is 6.42 Å². The Hall–Kier alpha value is -1.62. The highest BCUT2D eigenvalue weighted by atomic mass is 19.1. The second-order valence-electron chi connectivity index (χ2n) is 6.98. The van der Waals surface area contributed by atoms with Crippen molar-refractivity contribution in [2.75, 3.05) is 6.61 Å². The van der Waals surface area contributed by atoms with Crippen LogP contribution in [0.3, 0.4) is 0 Å². The van der Waals surface area contributed by atoms with Gasteiger partial charge in [-0.2, -0.15) is 0 Å². The van der Waals surface area contributed by atoms with Gasteiger partial charge in [-0.25, -0.2) is 4.39 Å². The molecule has 2 saturated carbocycles. The average Bonchev–Trinajstić information content (AvgIpc) is 2.42. The number of hydrogen-bond donors (Lipinski definition) is 0. The van der Waals surface area contributed by atoms with Crippen LogP contribution in [0.25, 0.3) is 0 Å². The number of carboxylic acids is 1. The van der Waals surface area contributed by atoms with Gasteiger partial charge in [-0.15, -0.1) is 0 Å². The second kappa shape index (κ2) is 5.78. The van der Waals surface area contributed by atoms with E-state index in [9.17, 15) is 14.3 Å². The van der Waals surface area contributed by atoms with E-state index in [2.05, 4.69) is 4.90 Å². The SMILES string of the molecule is O=C([O-])c1ccc(F)c2c1C[C@@H](N(C1CCC1)C1CCC1)CO2. The number of benzene rings is 1. The van der Waals surface area contributed by atoms with Crippen LogP contribution in [0.1, 0.15) is 54.4 Å². The van der Waals surface area contributed by atoms with Crippen LogP contribution in [0.4, 0.5) is 4.39 Å². The van der Waals surface area contributed by atoms with Crippen LogP contribution in [0.2, 0.25) is 0 Å². The molecule has 0 amide bonds. The maximum Gasteiger partial charge on any atom is 0.165 e. The van der Waals surface area contributed by atoms with Gasteiger partial charge < -0.3 is 14.6 Å². The molecule has 0 N–H and O–H groups in total. The van der Waals surface area contributed by atoms with Gasteiger partial charge in [-0.1, -0.05) is 12.8 Å². The summed E-state index contributed by atoms with van der Waals surface area (Å²) >= 11 is 0. The Morgan fingerprint density at radius 2 is 1.78 bits per heavy atom. The number of carbonyl (C=O) groups is 1. The summed E-state index contributed by atoms with van der Waals surface area (Å²) in [6.07, 6.45) is 7.87. The molecule has 2 fully saturated rings. The Morgan fingerprint density at radius 1 is 1.13 bits per heavy atom. The lowest BCUT2D eigenvalue weighted by Gasteiger charge is -2.51. The quantitative estimate of drug-likeness (QED) is 0.851. The first-order chi connectivity index (χ1) is 11.1. The zero-order chi connectivity index (χ0) is 16.0. The normalized spacial score (nSPS) is 24.5. The summed E-state index contributed by atoms with van der Waals surface area (Å²) in [5.74, 6) is -1.64. The molecule has 1 heterocycles. The standard InChI is InChI=1S/C18H22FNO3/c19-16-8-7-14(18(21)22)15-9-13(10-23-17(15)16)20(11-3-1-4-11)12-5-2-6-12/h7-8,11-13H,1-6,9-10H2,(H,21,22)/p-1/t13-/m1/s1. The lowest BCUT2D eigenvalue weighted by Crippen LogP contribution is -2.57. The number of ether oxygens (including phenoxy) is 1. The number of nitrogens with zero attached hydrogens (tertiary/aromatic N) is 1. The molecule has 1 aromatic rings. The summed E-state index contributed by atoms with van der Waals surface area (Å²) in [7, 11) is 0. The van der Waals surface area contributed by atoms with Crippen molar-refractivity contribution in [1.29, 1.82) is 0 Å². The largest absolute Gasteiger partial charge is 0.545 e. The third kappa shape index (κ3) is 2.51. The van der Waals surface area contributed by atoms with Gasteiger partial charge >= 0.3 is 0 Å². The van der Waals surface area contributed by atoms with E-state index in [-0.39, 0.29) is 17.4 Å². The van der Waals surface area contributed by atoms with Gasteiger partial charge in [-0.05, 0) is 44.2 Å². The van der Waals surface area contributed by atoms with Crippen molar-refractivity contribution in [1.82, 2.24) is 4.90 Å². The molecule has 0 unspecified atom stereocenters. The number of carbonyl (C=O) groups excluding carboxylic acids is 1. The summed E-state index contributed by atoms with van der Waals surface area (Å²) in [5, 5.41) is 11.4. The molecule has 2 aliphatic carbocycles. The Bertz CT molecular complexity index is 611. The molecule has 124 valence electrons. The highest BCUT2D eigenvalue weighted by molar-refractivity contribution is 5.88. The highest BCUT2D eigenvalue weighted by Gasteiger charge is 2.40. The highest BCUT2D eigenvalue weighted by Crippen LogP contribution is 2.39. The molecule has 0 bridgehead atoms. The lowest BCUT2D eigenvalue weighted by molar-refractivity contribution is -0.255.